The van der Waals surface area contributed by atoms with Crippen LogP contribution in [0.3, 0.4) is 0 Å². The number of nitrogens with one attached hydrogen (secondary N) is 1. The number of aromatic nitrogens is 1. The van der Waals surface area contributed by atoms with Gasteiger partial charge < -0.3 is 20.2 Å². The second kappa shape index (κ2) is 10.7. The van der Waals surface area contributed by atoms with E-state index in [1.165, 1.54) is 24.3 Å². The topological polar surface area (TPSA) is 107 Å². The number of carbonyl (C=O) groups excluding carboxylic acids is 2. The molecule has 0 aliphatic carbocycles. The Bertz CT molecular complexity index is 1790. The molecule has 0 unspecified atom stereocenters. The van der Waals surface area contributed by atoms with Crippen LogP contribution in [0.25, 0.3) is 21.3 Å². The average molecular weight is 584 g/mol. The number of hydrogen-bond donors (Lipinski definition) is 2. The first-order valence-electron chi connectivity index (χ1n) is 12.1. The van der Waals surface area contributed by atoms with Gasteiger partial charge in [-0.05, 0) is 78.6 Å². The number of furan rings is 1. The summed E-state index contributed by atoms with van der Waals surface area (Å²) in [5.41, 5.74) is 6.51. The van der Waals surface area contributed by atoms with Crippen LogP contribution in [0, 0.1) is 19.7 Å². The molecule has 210 valence electrons. The zero-order valence-electron chi connectivity index (χ0n) is 21.6. The number of pyridine rings is 1. The van der Waals surface area contributed by atoms with Gasteiger partial charge in [0.25, 0.3) is 11.8 Å². The van der Waals surface area contributed by atoms with Gasteiger partial charge in [0.2, 0.25) is 0 Å². The van der Waals surface area contributed by atoms with Crippen molar-refractivity contribution >= 4 is 39.1 Å². The van der Waals surface area contributed by atoms with Crippen LogP contribution in [-0.2, 0) is 12.8 Å². The molecule has 0 aliphatic rings. The number of benzene rings is 2. The molecule has 41 heavy (non-hydrogen) atoms. The summed E-state index contributed by atoms with van der Waals surface area (Å²) in [5.74, 6) is -1.55. The van der Waals surface area contributed by atoms with E-state index in [1.54, 1.807) is 0 Å². The van der Waals surface area contributed by atoms with Crippen molar-refractivity contribution in [1.29, 1.82) is 0 Å². The number of thiophene rings is 1. The highest BCUT2D eigenvalue weighted by Crippen LogP contribution is 2.43. The summed E-state index contributed by atoms with van der Waals surface area (Å²) in [6.45, 7) is 3.96. The number of amides is 2. The molecular formula is C29H21F4N3O4S. The van der Waals surface area contributed by atoms with Gasteiger partial charge in [-0.2, -0.15) is 13.2 Å². The molecule has 0 aliphatic heterocycles. The van der Waals surface area contributed by atoms with E-state index >= 15 is 0 Å². The Morgan fingerprint density at radius 2 is 1.76 bits per heavy atom. The number of fused-ring (bicyclic) bond motifs is 1. The molecular weight excluding hydrogens is 562 g/mol. The SMILES string of the molecule is Cc1ccc(OCc2ccc(C(=O)Nc3c(C(N)=O)sc4nc(C(F)(F)F)cc(-c5ccc(F)cc5)c34)o2)cc1C. The first kappa shape index (κ1) is 27.8. The third-order valence-electron chi connectivity index (χ3n) is 6.31. The highest BCUT2D eigenvalue weighted by atomic mass is 32.1. The Morgan fingerprint density at radius 1 is 1.02 bits per heavy atom. The molecule has 3 heterocycles. The molecule has 0 radical (unpaired) electrons. The lowest BCUT2D eigenvalue weighted by Crippen LogP contribution is -2.16. The predicted octanol–water partition coefficient (Wildman–Crippen LogP) is 7.26. The van der Waals surface area contributed by atoms with Crippen LogP contribution in [0.2, 0.25) is 0 Å². The monoisotopic (exact) mass is 583 g/mol. The Kier molecular flexibility index (Phi) is 7.26. The second-order valence-electron chi connectivity index (χ2n) is 9.17. The molecule has 7 nitrogen and oxygen atoms in total. The largest absolute Gasteiger partial charge is 0.486 e. The van der Waals surface area contributed by atoms with Gasteiger partial charge in [0.1, 0.15) is 39.3 Å². The Balaban J connectivity index is 1.50. The van der Waals surface area contributed by atoms with E-state index in [0.717, 1.165) is 29.3 Å². The van der Waals surface area contributed by atoms with Crippen molar-refractivity contribution in [2.24, 2.45) is 5.73 Å². The molecule has 0 saturated heterocycles. The standard InChI is InChI=1S/C29H21F4N3O4S/c1-14-3-8-18(11-15(14)2)39-13-19-9-10-21(40-19)27(38)36-24-23-20(16-4-6-17(30)7-5-16)12-22(29(31,32)33)35-28(23)41-25(24)26(34)37/h3-12H,13H2,1-2H3,(H2,34,37)(H,36,38). The highest BCUT2D eigenvalue weighted by molar-refractivity contribution is 7.21. The maximum Gasteiger partial charge on any atom is 0.433 e. The lowest BCUT2D eigenvalue weighted by atomic mass is 10.0. The highest BCUT2D eigenvalue weighted by Gasteiger charge is 2.35. The zero-order chi connectivity index (χ0) is 29.5. The fourth-order valence-electron chi connectivity index (χ4n) is 4.10. The Labute approximate surface area is 234 Å². The molecule has 0 spiro atoms. The minimum absolute atomic E-state index is 0.0247. The number of halogens is 4. The lowest BCUT2D eigenvalue weighted by Gasteiger charge is -2.12. The fraction of sp³-hybridized carbons (Fsp3) is 0.138. The van der Waals surface area contributed by atoms with Gasteiger partial charge >= 0.3 is 6.18 Å². The molecule has 0 bridgehead atoms. The van der Waals surface area contributed by atoms with Crippen molar-refractivity contribution in [2.75, 3.05) is 5.32 Å². The maximum absolute atomic E-state index is 13.7. The average Bonchev–Trinajstić information content (AvgIpc) is 3.54. The predicted molar refractivity (Wildman–Crippen MR) is 145 cm³/mol. The van der Waals surface area contributed by atoms with Crippen molar-refractivity contribution in [3.63, 3.8) is 0 Å². The van der Waals surface area contributed by atoms with Crippen LogP contribution in [0.15, 0.2) is 65.1 Å². The van der Waals surface area contributed by atoms with Crippen LogP contribution in [-0.4, -0.2) is 16.8 Å². The van der Waals surface area contributed by atoms with E-state index < -0.39 is 29.5 Å². The number of aryl methyl sites for hydroxylation is 2. The van der Waals surface area contributed by atoms with E-state index in [0.29, 0.717) is 22.8 Å². The summed E-state index contributed by atoms with van der Waals surface area (Å²) < 4.78 is 66.0. The van der Waals surface area contributed by atoms with Gasteiger partial charge in [-0.15, -0.1) is 11.3 Å². The third-order valence-corrected chi connectivity index (χ3v) is 7.41. The number of rotatable bonds is 7. The molecule has 12 heteroatoms. The molecule has 2 aromatic carbocycles. The Morgan fingerprint density at radius 3 is 2.41 bits per heavy atom. The first-order chi connectivity index (χ1) is 19.4. The van der Waals surface area contributed by atoms with Crippen molar-refractivity contribution in [3.05, 3.63) is 99.7 Å². The van der Waals surface area contributed by atoms with Crippen LogP contribution >= 0.6 is 11.3 Å². The molecule has 0 atom stereocenters. The smallest absolute Gasteiger partial charge is 0.433 e. The molecule has 3 aromatic heterocycles. The first-order valence-corrected chi connectivity index (χ1v) is 12.9. The van der Waals surface area contributed by atoms with Crippen LogP contribution in [0.1, 0.15) is 42.8 Å². The normalized spacial score (nSPS) is 11.6. The summed E-state index contributed by atoms with van der Waals surface area (Å²) in [4.78, 5) is 28.7. The van der Waals surface area contributed by atoms with Crippen molar-refractivity contribution in [2.45, 2.75) is 26.6 Å². The lowest BCUT2D eigenvalue weighted by molar-refractivity contribution is -0.140. The van der Waals surface area contributed by atoms with E-state index in [9.17, 15) is 27.2 Å². The summed E-state index contributed by atoms with van der Waals surface area (Å²) >= 11 is 0.599. The number of alkyl halides is 3. The van der Waals surface area contributed by atoms with E-state index in [1.807, 2.05) is 32.0 Å². The number of ether oxygens (including phenoxy) is 1. The minimum atomic E-state index is -4.81. The molecule has 2 amide bonds. The van der Waals surface area contributed by atoms with Gasteiger partial charge in [0.15, 0.2) is 5.76 Å². The number of nitrogens with two attached hydrogens (primary N) is 1. The van der Waals surface area contributed by atoms with Crippen molar-refractivity contribution in [3.8, 4) is 16.9 Å². The summed E-state index contributed by atoms with van der Waals surface area (Å²) in [7, 11) is 0. The molecule has 5 rings (SSSR count). The molecule has 3 N–H and O–H groups in total. The Hall–Kier alpha value is -4.71. The minimum Gasteiger partial charge on any atom is -0.486 e. The van der Waals surface area contributed by atoms with Crippen molar-refractivity contribution in [1.82, 2.24) is 4.98 Å². The third kappa shape index (κ3) is 5.78. The fourth-order valence-corrected chi connectivity index (χ4v) is 5.11. The van der Waals surface area contributed by atoms with Crippen LogP contribution < -0.4 is 15.8 Å². The van der Waals surface area contributed by atoms with E-state index in [4.69, 9.17) is 14.9 Å². The molecule has 5 aromatic rings. The molecule has 0 fully saturated rings. The van der Waals surface area contributed by atoms with Gasteiger partial charge in [-0.3, -0.25) is 9.59 Å². The van der Waals surface area contributed by atoms with Gasteiger partial charge in [-0.25, -0.2) is 9.37 Å². The number of nitrogens with zero attached hydrogens (tertiary/aromatic N) is 1. The number of carbonyl (C=O) groups is 2. The summed E-state index contributed by atoms with van der Waals surface area (Å²) in [6, 6.07) is 14.0. The second-order valence-corrected chi connectivity index (χ2v) is 10.2. The number of hydrogen-bond acceptors (Lipinski definition) is 6. The van der Waals surface area contributed by atoms with Gasteiger partial charge in [0.05, 0.1) is 5.69 Å². The van der Waals surface area contributed by atoms with Gasteiger partial charge in [-0.1, -0.05) is 18.2 Å². The number of primary amides is 1. The van der Waals surface area contributed by atoms with Crippen molar-refractivity contribution < 1.29 is 36.3 Å². The summed E-state index contributed by atoms with van der Waals surface area (Å²) in [6.07, 6.45) is -4.81. The van der Waals surface area contributed by atoms with Crippen LogP contribution in [0.4, 0.5) is 23.2 Å². The molecule has 0 saturated carbocycles. The number of anilines is 1. The van der Waals surface area contributed by atoms with E-state index in [2.05, 4.69) is 10.3 Å². The van der Waals surface area contributed by atoms with Gasteiger partial charge in [0, 0.05) is 5.39 Å². The quantitative estimate of drug-likeness (QED) is 0.196. The zero-order valence-corrected chi connectivity index (χ0v) is 22.4. The van der Waals surface area contributed by atoms with Crippen LogP contribution in [0.5, 0.6) is 5.75 Å². The van der Waals surface area contributed by atoms with E-state index in [-0.39, 0.29) is 44.3 Å². The maximum atomic E-state index is 13.7. The summed E-state index contributed by atoms with van der Waals surface area (Å²) in [5, 5.41) is 2.60.